The van der Waals surface area contributed by atoms with Crippen LogP contribution in [0.5, 0.6) is 0 Å². The molecule has 6 heteroatoms. The second kappa shape index (κ2) is 10.4. The molecule has 0 radical (unpaired) electrons. The van der Waals surface area contributed by atoms with E-state index in [1.165, 1.54) is 5.01 Å². The Morgan fingerprint density at radius 3 is 1.76 bits per heavy atom. The van der Waals surface area contributed by atoms with Crippen LogP contribution >= 0.6 is 0 Å². The molecule has 0 aliphatic carbocycles. The molecular formula is C27H31N3O3. The van der Waals surface area contributed by atoms with Gasteiger partial charge in [-0.15, -0.1) is 0 Å². The maximum absolute atomic E-state index is 13.7. The lowest BCUT2D eigenvalue weighted by molar-refractivity contribution is -0.138. The maximum Gasteiger partial charge on any atom is 0.280 e. The molecule has 3 aromatic carbocycles. The Labute approximate surface area is 195 Å². The molecule has 172 valence electrons. The normalized spacial score (nSPS) is 11.3. The van der Waals surface area contributed by atoms with E-state index in [-0.39, 0.29) is 12.3 Å². The topological polar surface area (TPSA) is 72.9 Å². The molecular weight excluding hydrogens is 414 g/mol. The number of carbonyl (C=O) groups is 2. The van der Waals surface area contributed by atoms with E-state index in [4.69, 9.17) is 0 Å². The molecule has 0 aliphatic heterocycles. The van der Waals surface area contributed by atoms with Gasteiger partial charge in [0.25, 0.3) is 5.91 Å². The molecule has 2 amide bonds. The Bertz CT molecular complexity index is 1030. The first-order valence-electron chi connectivity index (χ1n) is 10.9. The highest BCUT2D eigenvalue weighted by Crippen LogP contribution is 2.31. The van der Waals surface area contributed by atoms with Crippen molar-refractivity contribution in [3.05, 3.63) is 101 Å². The van der Waals surface area contributed by atoms with Crippen molar-refractivity contribution in [3.8, 4) is 0 Å². The molecule has 0 unspecified atom stereocenters. The van der Waals surface area contributed by atoms with Crippen molar-refractivity contribution < 1.29 is 14.7 Å². The molecule has 0 saturated heterocycles. The van der Waals surface area contributed by atoms with Crippen molar-refractivity contribution in [1.82, 2.24) is 10.3 Å². The van der Waals surface area contributed by atoms with Crippen LogP contribution in [0, 0.1) is 13.8 Å². The minimum atomic E-state index is -1.99. The Morgan fingerprint density at radius 1 is 0.818 bits per heavy atom. The highest BCUT2D eigenvalue weighted by molar-refractivity contribution is 5.99. The van der Waals surface area contributed by atoms with Crippen molar-refractivity contribution in [2.45, 2.75) is 25.9 Å². The Kier molecular flexibility index (Phi) is 7.63. The lowest BCUT2D eigenvalue weighted by Crippen LogP contribution is -2.55. The second-order valence-electron chi connectivity index (χ2n) is 8.50. The quantitative estimate of drug-likeness (QED) is 0.546. The third-order valence-corrected chi connectivity index (χ3v) is 5.52. The molecule has 0 aromatic heterocycles. The molecule has 2 N–H and O–H groups in total. The zero-order chi connectivity index (χ0) is 24.0. The fourth-order valence-corrected chi connectivity index (χ4v) is 3.48. The number of carbonyl (C=O) groups excluding carboxylic acids is 2. The maximum atomic E-state index is 13.7. The van der Waals surface area contributed by atoms with Gasteiger partial charge in [-0.05, 0) is 51.2 Å². The van der Waals surface area contributed by atoms with Gasteiger partial charge < -0.3 is 10.0 Å². The van der Waals surface area contributed by atoms with Gasteiger partial charge >= 0.3 is 0 Å². The minimum Gasteiger partial charge on any atom is -0.372 e. The summed E-state index contributed by atoms with van der Waals surface area (Å²) in [5.74, 6) is -0.990. The van der Waals surface area contributed by atoms with E-state index in [1.807, 2.05) is 63.2 Å². The third kappa shape index (κ3) is 5.66. The van der Waals surface area contributed by atoms with E-state index in [0.717, 1.165) is 11.1 Å². The summed E-state index contributed by atoms with van der Waals surface area (Å²) in [5, 5.41) is 13.1. The number of rotatable bonds is 7. The van der Waals surface area contributed by atoms with Crippen LogP contribution in [0.2, 0.25) is 0 Å². The van der Waals surface area contributed by atoms with Gasteiger partial charge in [-0.25, -0.2) is 5.01 Å². The molecule has 0 bridgehead atoms. The number of aliphatic hydroxyl groups is 1. The number of aryl methyl sites for hydroxylation is 2. The monoisotopic (exact) mass is 445 g/mol. The zero-order valence-electron chi connectivity index (χ0n) is 19.6. The molecule has 0 heterocycles. The van der Waals surface area contributed by atoms with E-state index in [0.29, 0.717) is 23.4 Å². The summed E-state index contributed by atoms with van der Waals surface area (Å²) in [4.78, 5) is 28.7. The number of hydrogen-bond acceptors (Lipinski definition) is 4. The molecule has 0 saturated carbocycles. The third-order valence-electron chi connectivity index (χ3n) is 5.52. The van der Waals surface area contributed by atoms with Crippen molar-refractivity contribution in [1.29, 1.82) is 0 Å². The Morgan fingerprint density at radius 2 is 1.30 bits per heavy atom. The molecule has 3 rings (SSSR count). The first-order valence-corrected chi connectivity index (χ1v) is 10.9. The second-order valence-corrected chi connectivity index (χ2v) is 8.50. The largest absolute Gasteiger partial charge is 0.372 e. The van der Waals surface area contributed by atoms with Gasteiger partial charge in [0.15, 0.2) is 5.60 Å². The van der Waals surface area contributed by atoms with Crippen molar-refractivity contribution in [2.75, 3.05) is 25.6 Å². The predicted molar refractivity (Wildman–Crippen MR) is 131 cm³/mol. The van der Waals surface area contributed by atoms with Crippen molar-refractivity contribution >= 4 is 17.5 Å². The number of para-hydroxylation sites is 1. The van der Waals surface area contributed by atoms with Crippen LogP contribution in [0.15, 0.2) is 78.9 Å². The summed E-state index contributed by atoms with van der Waals surface area (Å²) < 4.78 is 0. The van der Waals surface area contributed by atoms with Crippen LogP contribution < -0.4 is 10.4 Å². The summed E-state index contributed by atoms with van der Waals surface area (Å²) in [6.45, 7) is 4.41. The number of benzene rings is 3. The van der Waals surface area contributed by atoms with Crippen molar-refractivity contribution in [2.24, 2.45) is 0 Å². The molecule has 3 aromatic rings. The molecule has 0 atom stereocenters. The highest BCUT2D eigenvalue weighted by Gasteiger charge is 2.41. The zero-order valence-corrected chi connectivity index (χ0v) is 19.6. The number of hydrazine groups is 1. The smallest absolute Gasteiger partial charge is 0.280 e. The number of anilines is 1. The van der Waals surface area contributed by atoms with Crippen LogP contribution in [0.1, 0.15) is 28.7 Å². The average Bonchev–Trinajstić information content (AvgIpc) is 2.81. The summed E-state index contributed by atoms with van der Waals surface area (Å²) in [7, 11) is 3.76. The number of nitrogens with one attached hydrogen (secondary N) is 1. The SMILES string of the molecule is Cc1ccc(C(O)(C(=O)NN(C(=O)CCN(C)C)c2ccccc2)c2ccc(C)cc2)cc1. The van der Waals surface area contributed by atoms with Gasteiger partial charge in [-0.3, -0.25) is 15.0 Å². The van der Waals surface area contributed by atoms with Crippen LogP contribution in [0.4, 0.5) is 5.69 Å². The summed E-state index contributed by atoms with van der Waals surface area (Å²) in [5.41, 5.74) is 4.09. The minimum absolute atomic E-state index is 0.204. The van der Waals surface area contributed by atoms with E-state index >= 15 is 0 Å². The van der Waals surface area contributed by atoms with Crippen LogP contribution in [-0.2, 0) is 15.2 Å². The fourth-order valence-electron chi connectivity index (χ4n) is 3.48. The number of amides is 2. The van der Waals surface area contributed by atoms with Crippen LogP contribution in [-0.4, -0.2) is 42.5 Å². The highest BCUT2D eigenvalue weighted by atomic mass is 16.3. The first kappa shape index (κ1) is 24.2. The fraction of sp³-hybridized carbons (Fsp3) is 0.259. The summed E-state index contributed by atoms with van der Waals surface area (Å²) in [6.07, 6.45) is 0.204. The number of nitrogens with zero attached hydrogens (tertiary/aromatic N) is 2. The molecule has 33 heavy (non-hydrogen) atoms. The summed E-state index contributed by atoms with van der Waals surface area (Å²) in [6, 6.07) is 23.2. The van der Waals surface area contributed by atoms with E-state index in [9.17, 15) is 14.7 Å². The Hall–Kier alpha value is -3.48. The van der Waals surface area contributed by atoms with E-state index in [2.05, 4.69) is 5.43 Å². The van der Waals surface area contributed by atoms with Crippen LogP contribution in [0.3, 0.4) is 0 Å². The standard InChI is InChI=1S/C27H31N3O3/c1-20-10-14-22(15-11-20)27(33,23-16-12-21(2)13-17-23)26(32)28-30(24-8-6-5-7-9-24)25(31)18-19-29(3)4/h5-17,33H,18-19H2,1-4H3,(H,28,32). The lowest BCUT2D eigenvalue weighted by atomic mass is 9.85. The first-order chi connectivity index (χ1) is 15.7. The van der Waals surface area contributed by atoms with Gasteiger partial charge in [-0.1, -0.05) is 77.9 Å². The molecule has 0 aliphatic rings. The lowest BCUT2D eigenvalue weighted by Gasteiger charge is -2.32. The molecule has 6 nitrogen and oxygen atoms in total. The van der Waals surface area contributed by atoms with Crippen molar-refractivity contribution in [3.63, 3.8) is 0 Å². The van der Waals surface area contributed by atoms with Crippen LogP contribution in [0.25, 0.3) is 0 Å². The van der Waals surface area contributed by atoms with Gasteiger partial charge in [0, 0.05) is 13.0 Å². The van der Waals surface area contributed by atoms with Gasteiger partial charge in [0.2, 0.25) is 5.91 Å². The Balaban J connectivity index is 2.02. The summed E-state index contributed by atoms with van der Waals surface area (Å²) >= 11 is 0. The van der Waals surface area contributed by atoms with E-state index in [1.54, 1.807) is 48.5 Å². The average molecular weight is 446 g/mol. The van der Waals surface area contributed by atoms with E-state index < -0.39 is 11.5 Å². The van der Waals surface area contributed by atoms with Gasteiger partial charge in [-0.2, -0.15) is 0 Å². The van der Waals surface area contributed by atoms with Gasteiger partial charge in [0.1, 0.15) is 0 Å². The molecule has 0 spiro atoms. The number of hydrogen-bond donors (Lipinski definition) is 2. The molecule has 0 fully saturated rings. The van der Waals surface area contributed by atoms with Gasteiger partial charge in [0.05, 0.1) is 5.69 Å². The predicted octanol–water partition coefficient (Wildman–Crippen LogP) is 3.56.